The Bertz CT molecular complexity index is 547. The highest BCUT2D eigenvalue weighted by molar-refractivity contribution is 7.89. The van der Waals surface area contributed by atoms with E-state index in [0.717, 1.165) is 11.3 Å². The minimum atomic E-state index is -3.56. The van der Waals surface area contributed by atoms with Crippen molar-refractivity contribution in [2.75, 3.05) is 13.1 Å². The molecule has 0 spiro atoms. The van der Waals surface area contributed by atoms with Crippen LogP contribution in [0.5, 0.6) is 0 Å². The number of rotatable bonds is 2. The van der Waals surface area contributed by atoms with Crippen molar-refractivity contribution in [2.45, 2.75) is 24.3 Å². The van der Waals surface area contributed by atoms with Gasteiger partial charge in [0, 0.05) is 19.1 Å². The van der Waals surface area contributed by atoms with Crippen LogP contribution in [0.25, 0.3) is 0 Å². The number of hydrogen-bond acceptors (Lipinski definition) is 4. The lowest BCUT2D eigenvalue weighted by Gasteiger charge is -2.34. The van der Waals surface area contributed by atoms with Crippen molar-refractivity contribution in [3.8, 4) is 0 Å². The second kappa shape index (κ2) is 6.47. The van der Waals surface area contributed by atoms with Crippen LogP contribution in [-0.4, -0.2) is 31.9 Å². The van der Waals surface area contributed by atoms with E-state index >= 15 is 0 Å². The summed E-state index contributed by atoms with van der Waals surface area (Å²) < 4.78 is 26.9. The van der Waals surface area contributed by atoms with Crippen LogP contribution in [0.2, 0.25) is 8.67 Å². The average Bonchev–Trinajstić information content (AvgIpc) is 2.62. The zero-order chi connectivity index (χ0) is 13.5. The smallest absolute Gasteiger partial charge is 0.245 e. The molecule has 1 saturated heterocycles. The minimum absolute atomic E-state index is 0. The molecule has 2 atom stereocenters. The summed E-state index contributed by atoms with van der Waals surface area (Å²) in [6, 6.07) is 1.46. The molecule has 1 aliphatic rings. The molecule has 0 aliphatic carbocycles. The van der Waals surface area contributed by atoms with Gasteiger partial charge < -0.3 is 5.73 Å². The summed E-state index contributed by atoms with van der Waals surface area (Å²) in [4.78, 5) is 0.0989. The van der Waals surface area contributed by atoms with E-state index in [1.165, 1.54) is 10.4 Å². The molecule has 2 N–H and O–H groups in total. The van der Waals surface area contributed by atoms with E-state index in [1.807, 2.05) is 6.92 Å². The molecule has 1 aromatic rings. The number of piperidine rings is 1. The molecule has 4 nitrogen and oxygen atoms in total. The van der Waals surface area contributed by atoms with Gasteiger partial charge in [-0.15, -0.1) is 23.7 Å². The second-order valence-electron chi connectivity index (χ2n) is 4.48. The Balaban J connectivity index is 0.00000180. The van der Waals surface area contributed by atoms with Crippen LogP contribution in [0, 0.1) is 5.92 Å². The van der Waals surface area contributed by atoms with E-state index in [4.69, 9.17) is 28.9 Å². The van der Waals surface area contributed by atoms with Crippen molar-refractivity contribution in [3.05, 3.63) is 14.7 Å². The Morgan fingerprint density at radius 1 is 1.47 bits per heavy atom. The first-order chi connectivity index (χ1) is 8.32. The van der Waals surface area contributed by atoms with E-state index < -0.39 is 10.0 Å². The van der Waals surface area contributed by atoms with Gasteiger partial charge in [0.25, 0.3) is 0 Å². The first kappa shape index (κ1) is 17.5. The van der Waals surface area contributed by atoms with Gasteiger partial charge in [-0.3, -0.25) is 0 Å². The molecule has 2 unspecified atom stereocenters. The molecule has 1 aliphatic heterocycles. The standard InChI is InChI=1S/C10H14Cl2N2O2S2.ClH/c1-6-5-14(3-2-7(6)13)18(15,16)8-4-9(11)17-10(8)12;/h4,6-7H,2-3,5,13H2,1H3;1H. The van der Waals surface area contributed by atoms with Gasteiger partial charge in [0.15, 0.2) is 0 Å². The van der Waals surface area contributed by atoms with Crippen LogP contribution in [0.3, 0.4) is 0 Å². The number of nitrogens with zero attached hydrogens (tertiary/aromatic N) is 1. The zero-order valence-corrected chi connectivity index (χ0v) is 14.1. The van der Waals surface area contributed by atoms with Crippen molar-refractivity contribution in [1.82, 2.24) is 4.31 Å². The third-order valence-corrected chi connectivity index (χ3v) is 6.80. The van der Waals surface area contributed by atoms with Crippen LogP contribution in [0.1, 0.15) is 13.3 Å². The van der Waals surface area contributed by atoms with Crippen LogP contribution < -0.4 is 5.73 Å². The number of sulfonamides is 1. The lowest BCUT2D eigenvalue weighted by Crippen LogP contribution is -2.48. The molecule has 19 heavy (non-hydrogen) atoms. The summed E-state index contributed by atoms with van der Waals surface area (Å²) in [5.41, 5.74) is 5.89. The van der Waals surface area contributed by atoms with Gasteiger partial charge in [0.2, 0.25) is 10.0 Å². The maximum absolute atomic E-state index is 12.4. The van der Waals surface area contributed by atoms with Gasteiger partial charge in [-0.05, 0) is 18.4 Å². The Morgan fingerprint density at radius 2 is 2.11 bits per heavy atom. The van der Waals surface area contributed by atoms with Crippen LogP contribution >= 0.6 is 46.9 Å². The van der Waals surface area contributed by atoms with Crippen LogP contribution in [0.15, 0.2) is 11.0 Å². The van der Waals surface area contributed by atoms with Crippen LogP contribution in [-0.2, 0) is 10.0 Å². The monoisotopic (exact) mass is 364 g/mol. The normalized spacial score (nSPS) is 25.1. The molecule has 0 saturated carbocycles. The summed E-state index contributed by atoms with van der Waals surface area (Å²) in [6.07, 6.45) is 0.663. The van der Waals surface area contributed by atoms with Gasteiger partial charge >= 0.3 is 0 Å². The van der Waals surface area contributed by atoms with E-state index in [2.05, 4.69) is 0 Å². The molecule has 0 amide bonds. The maximum Gasteiger partial charge on any atom is 0.245 e. The summed E-state index contributed by atoms with van der Waals surface area (Å²) in [6.45, 7) is 2.81. The predicted octanol–water partition coefficient (Wildman–Crippen LogP) is 2.83. The highest BCUT2D eigenvalue weighted by atomic mass is 35.5. The molecule has 2 rings (SSSR count). The van der Waals surface area contributed by atoms with Crippen molar-refractivity contribution in [3.63, 3.8) is 0 Å². The first-order valence-electron chi connectivity index (χ1n) is 5.53. The Kier molecular flexibility index (Phi) is 5.96. The molecule has 1 fully saturated rings. The third kappa shape index (κ3) is 3.56. The van der Waals surface area contributed by atoms with Crippen molar-refractivity contribution < 1.29 is 8.42 Å². The van der Waals surface area contributed by atoms with E-state index in [0.29, 0.717) is 23.8 Å². The van der Waals surface area contributed by atoms with Gasteiger partial charge in [0.05, 0.1) is 4.34 Å². The Hall–Kier alpha value is 0.440. The average molecular weight is 366 g/mol. The van der Waals surface area contributed by atoms with Gasteiger partial charge in [-0.25, -0.2) is 8.42 Å². The van der Waals surface area contributed by atoms with E-state index in [1.54, 1.807) is 0 Å². The predicted molar refractivity (Wildman–Crippen MR) is 82.1 cm³/mol. The van der Waals surface area contributed by atoms with E-state index in [9.17, 15) is 8.42 Å². The highest BCUT2D eigenvalue weighted by Crippen LogP contribution is 2.36. The molecular weight excluding hydrogens is 351 g/mol. The molecule has 0 aromatic carbocycles. The van der Waals surface area contributed by atoms with Gasteiger partial charge in [-0.2, -0.15) is 4.31 Å². The van der Waals surface area contributed by atoms with Crippen molar-refractivity contribution in [2.24, 2.45) is 11.7 Å². The quantitative estimate of drug-likeness (QED) is 0.876. The Morgan fingerprint density at radius 3 is 2.58 bits per heavy atom. The minimum Gasteiger partial charge on any atom is -0.327 e. The topological polar surface area (TPSA) is 63.4 Å². The summed E-state index contributed by atoms with van der Waals surface area (Å²) in [5.74, 6) is 0.140. The fourth-order valence-electron chi connectivity index (χ4n) is 1.98. The molecule has 2 heterocycles. The van der Waals surface area contributed by atoms with Gasteiger partial charge in [0.1, 0.15) is 9.23 Å². The fraction of sp³-hybridized carbons (Fsp3) is 0.600. The largest absolute Gasteiger partial charge is 0.327 e. The first-order valence-corrected chi connectivity index (χ1v) is 8.54. The number of thiophene rings is 1. The fourth-order valence-corrected chi connectivity index (χ4v) is 5.65. The number of hydrogen-bond donors (Lipinski definition) is 1. The Labute approximate surface area is 133 Å². The van der Waals surface area contributed by atoms with Crippen LogP contribution in [0.4, 0.5) is 0 Å². The second-order valence-corrected chi connectivity index (χ2v) is 8.67. The lowest BCUT2D eigenvalue weighted by molar-refractivity contribution is 0.250. The van der Waals surface area contributed by atoms with E-state index in [-0.39, 0.29) is 33.6 Å². The molecule has 0 radical (unpaired) electrons. The SMILES string of the molecule is CC1CN(S(=O)(=O)c2cc(Cl)sc2Cl)CCC1N.Cl. The molecule has 0 bridgehead atoms. The number of halogens is 3. The van der Waals surface area contributed by atoms with Crippen molar-refractivity contribution >= 4 is 57.0 Å². The summed E-state index contributed by atoms with van der Waals surface area (Å²) >= 11 is 12.8. The molecular formula is C10H15Cl3N2O2S2. The van der Waals surface area contributed by atoms with Gasteiger partial charge in [-0.1, -0.05) is 30.1 Å². The lowest BCUT2D eigenvalue weighted by atomic mass is 9.96. The molecule has 110 valence electrons. The molecule has 9 heteroatoms. The highest BCUT2D eigenvalue weighted by Gasteiger charge is 2.34. The zero-order valence-electron chi connectivity index (χ0n) is 10.2. The molecule has 1 aromatic heterocycles. The maximum atomic E-state index is 12.4. The third-order valence-electron chi connectivity index (χ3n) is 3.18. The number of nitrogens with two attached hydrogens (primary N) is 1. The summed E-state index contributed by atoms with van der Waals surface area (Å²) in [5, 5.41) is 0. The van der Waals surface area contributed by atoms with Crippen molar-refractivity contribution in [1.29, 1.82) is 0 Å². The summed E-state index contributed by atoms with van der Waals surface area (Å²) in [7, 11) is -3.56.